The molecule has 2 aromatic rings. The monoisotopic (exact) mass is 444 g/mol. The lowest BCUT2D eigenvalue weighted by atomic mass is 9.84. The van der Waals surface area contributed by atoms with Crippen molar-refractivity contribution in [2.24, 2.45) is 11.3 Å². The van der Waals surface area contributed by atoms with E-state index in [1.807, 2.05) is 10.9 Å². The zero-order chi connectivity index (χ0) is 22.2. The van der Waals surface area contributed by atoms with Crippen LogP contribution in [0.1, 0.15) is 45.2 Å². The maximum atomic E-state index is 12.6. The van der Waals surface area contributed by atoms with Gasteiger partial charge in [0.15, 0.2) is 0 Å². The molecule has 0 saturated heterocycles. The first-order valence-electron chi connectivity index (χ1n) is 10.8. The van der Waals surface area contributed by atoms with Gasteiger partial charge in [-0.25, -0.2) is 9.78 Å². The molecule has 1 aliphatic carbocycles. The van der Waals surface area contributed by atoms with Crippen molar-refractivity contribution in [1.29, 1.82) is 0 Å². The zero-order valence-corrected chi connectivity index (χ0v) is 18.9. The fourth-order valence-electron chi connectivity index (χ4n) is 4.71. The topological polar surface area (TPSA) is 101 Å². The Bertz CT molecular complexity index is 1000. The number of nitrogens with one attached hydrogen (secondary N) is 3. The number of pyridine rings is 1. The first kappa shape index (κ1) is 21.6. The highest BCUT2D eigenvalue weighted by Gasteiger charge is 2.33. The molecule has 0 bridgehead atoms. The second-order valence-electron chi connectivity index (χ2n) is 9.26. The van der Waals surface area contributed by atoms with Crippen molar-refractivity contribution in [2.45, 2.75) is 58.5 Å². The molecule has 3 N–H and O–H groups in total. The molecule has 0 radical (unpaired) electrons. The number of nitrogens with zero attached hydrogens (tertiary/aromatic N) is 3. The summed E-state index contributed by atoms with van der Waals surface area (Å²) in [5.74, 6) is 0.160. The summed E-state index contributed by atoms with van der Waals surface area (Å²) in [7, 11) is 1.63. The third-order valence-electron chi connectivity index (χ3n) is 6.23. The zero-order valence-electron chi connectivity index (χ0n) is 18.2. The Balaban J connectivity index is 1.49. The van der Waals surface area contributed by atoms with Gasteiger partial charge in [-0.2, -0.15) is 5.10 Å². The molecule has 0 spiro atoms. The minimum atomic E-state index is -0.372. The summed E-state index contributed by atoms with van der Waals surface area (Å²) in [6, 6.07) is 1.21. The van der Waals surface area contributed by atoms with Crippen molar-refractivity contribution in [1.82, 2.24) is 25.4 Å². The van der Waals surface area contributed by atoms with Crippen LogP contribution in [-0.4, -0.2) is 39.8 Å². The lowest BCUT2D eigenvalue weighted by Gasteiger charge is -2.30. The predicted molar refractivity (Wildman–Crippen MR) is 120 cm³/mol. The van der Waals surface area contributed by atoms with E-state index < -0.39 is 0 Å². The predicted octanol–water partition coefficient (Wildman–Crippen LogP) is 3.61. The van der Waals surface area contributed by atoms with Crippen molar-refractivity contribution < 1.29 is 9.59 Å². The molecule has 2 aliphatic rings. The van der Waals surface area contributed by atoms with Crippen LogP contribution in [0.25, 0.3) is 11.1 Å². The van der Waals surface area contributed by atoms with Crippen molar-refractivity contribution in [3.8, 4) is 11.1 Å². The number of hydrogen-bond donors (Lipinski definition) is 3. The molecule has 4 rings (SSSR count). The minimum Gasteiger partial charge on any atom is -0.359 e. The number of urea groups is 1. The van der Waals surface area contributed by atoms with Crippen LogP contribution in [-0.2, 0) is 17.8 Å². The number of rotatable bonds is 4. The summed E-state index contributed by atoms with van der Waals surface area (Å²) >= 11 is 6.45. The van der Waals surface area contributed by atoms with E-state index in [0.717, 1.165) is 55.5 Å². The Morgan fingerprint density at radius 2 is 1.97 bits per heavy atom. The maximum Gasteiger partial charge on any atom is 0.320 e. The highest BCUT2D eigenvalue weighted by Crippen LogP contribution is 2.39. The first-order chi connectivity index (χ1) is 14.8. The highest BCUT2D eigenvalue weighted by atomic mass is 35.5. The van der Waals surface area contributed by atoms with Crippen molar-refractivity contribution in [3.05, 3.63) is 29.2 Å². The summed E-state index contributed by atoms with van der Waals surface area (Å²) in [5.41, 5.74) is 3.06. The van der Waals surface area contributed by atoms with Crippen molar-refractivity contribution in [2.75, 3.05) is 12.4 Å². The summed E-state index contributed by atoms with van der Waals surface area (Å²) in [4.78, 5) is 29.1. The summed E-state index contributed by atoms with van der Waals surface area (Å²) < 4.78 is 2.02. The van der Waals surface area contributed by atoms with E-state index in [1.54, 1.807) is 19.3 Å². The molecule has 2 aromatic heterocycles. The van der Waals surface area contributed by atoms with Crippen LogP contribution in [0.15, 0.2) is 18.5 Å². The van der Waals surface area contributed by atoms with Crippen LogP contribution in [0, 0.1) is 11.3 Å². The normalized spacial score (nSPS) is 21.9. The van der Waals surface area contributed by atoms with Crippen LogP contribution in [0.5, 0.6) is 0 Å². The summed E-state index contributed by atoms with van der Waals surface area (Å²) in [6.07, 6.45) is 7.82. The number of anilines is 1. The number of carbonyl (C=O) groups is 2. The van der Waals surface area contributed by atoms with Gasteiger partial charge in [-0.15, -0.1) is 0 Å². The van der Waals surface area contributed by atoms with E-state index in [0.29, 0.717) is 10.8 Å². The van der Waals surface area contributed by atoms with Gasteiger partial charge in [-0.1, -0.05) is 38.3 Å². The van der Waals surface area contributed by atoms with Crippen LogP contribution >= 0.6 is 11.6 Å². The third kappa shape index (κ3) is 4.54. The van der Waals surface area contributed by atoms with E-state index in [9.17, 15) is 9.59 Å². The van der Waals surface area contributed by atoms with Gasteiger partial charge in [0.1, 0.15) is 5.82 Å². The second kappa shape index (κ2) is 8.49. The lowest BCUT2D eigenvalue weighted by Crippen LogP contribution is -2.49. The van der Waals surface area contributed by atoms with Gasteiger partial charge in [0.2, 0.25) is 5.91 Å². The Labute approximate surface area is 187 Å². The van der Waals surface area contributed by atoms with Gasteiger partial charge in [-0.3, -0.25) is 14.8 Å². The summed E-state index contributed by atoms with van der Waals surface area (Å²) in [5, 5.41) is 13.5. The SMILES string of the molecule is CNC(=O)[C@@H]1CCCCC1NC(=O)Nc1cc(-c2cnn3c2CC(C)(C)C3)c(Cl)cn1. The quantitative estimate of drug-likeness (QED) is 0.670. The Morgan fingerprint density at radius 3 is 2.74 bits per heavy atom. The molecule has 1 aliphatic heterocycles. The van der Waals surface area contributed by atoms with E-state index in [1.165, 1.54) is 0 Å². The number of amides is 3. The minimum absolute atomic E-state index is 0.0325. The number of carbonyl (C=O) groups excluding carboxylic acids is 2. The van der Waals surface area contributed by atoms with Gasteiger partial charge < -0.3 is 10.6 Å². The standard InChI is InChI=1S/C22H29ClN6O2/c1-22(2)9-18-15(10-26-29(18)12-22)14-8-19(25-11-16(14)23)28-21(31)27-17-7-5-4-6-13(17)20(30)24-3/h8,10-11,13,17H,4-7,9,12H2,1-3H3,(H,24,30)(H2,25,27,28,31)/t13-,17?/m1/s1. The molecule has 1 unspecified atom stereocenters. The molecule has 2 atom stereocenters. The average molecular weight is 445 g/mol. The fourth-order valence-corrected chi connectivity index (χ4v) is 4.92. The van der Waals surface area contributed by atoms with Crippen LogP contribution < -0.4 is 16.0 Å². The largest absolute Gasteiger partial charge is 0.359 e. The Kier molecular flexibility index (Phi) is 5.92. The molecule has 9 heteroatoms. The molecule has 8 nitrogen and oxygen atoms in total. The lowest BCUT2D eigenvalue weighted by molar-refractivity contribution is -0.126. The number of aromatic nitrogens is 3. The molecule has 166 valence electrons. The van der Waals surface area contributed by atoms with E-state index in [4.69, 9.17) is 11.6 Å². The highest BCUT2D eigenvalue weighted by molar-refractivity contribution is 6.33. The maximum absolute atomic E-state index is 12.6. The number of hydrogen-bond acceptors (Lipinski definition) is 4. The molecule has 1 saturated carbocycles. The molecule has 0 aromatic carbocycles. The van der Waals surface area contributed by atoms with Crippen LogP contribution in [0.4, 0.5) is 10.6 Å². The van der Waals surface area contributed by atoms with Crippen LogP contribution in [0.2, 0.25) is 5.02 Å². The Hall–Kier alpha value is -2.61. The molecular formula is C22H29ClN6O2. The third-order valence-corrected chi connectivity index (χ3v) is 6.53. The number of halogens is 1. The first-order valence-corrected chi connectivity index (χ1v) is 11.1. The molecular weight excluding hydrogens is 416 g/mol. The van der Waals surface area contributed by atoms with Crippen molar-refractivity contribution in [3.63, 3.8) is 0 Å². The smallest absolute Gasteiger partial charge is 0.320 e. The fraction of sp³-hybridized carbons (Fsp3) is 0.545. The molecule has 31 heavy (non-hydrogen) atoms. The summed E-state index contributed by atoms with van der Waals surface area (Å²) in [6.45, 7) is 5.30. The van der Waals surface area contributed by atoms with Crippen LogP contribution in [0.3, 0.4) is 0 Å². The van der Waals surface area contributed by atoms with Gasteiger partial charge in [0, 0.05) is 42.7 Å². The Morgan fingerprint density at radius 1 is 1.19 bits per heavy atom. The molecule has 1 fully saturated rings. The van der Waals surface area contributed by atoms with Gasteiger partial charge in [0.25, 0.3) is 0 Å². The van der Waals surface area contributed by atoms with E-state index in [-0.39, 0.29) is 29.3 Å². The van der Waals surface area contributed by atoms with Gasteiger partial charge in [-0.05, 0) is 30.7 Å². The number of fused-ring (bicyclic) bond motifs is 1. The van der Waals surface area contributed by atoms with Crippen molar-refractivity contribution >= 4 is 29.4 Å². The van der Waals surface area contributed by atoms with Gasteiger partial charge >= 0.3 is 6.03 Å². The molecule has 3 amide bonds. The van der Waals surface area contributed by atoms with E-state index in [2.05, 4.69) is 39.9 Å². The molecule has 3 heterocycles. The average Bonchev–Trinajstić information content (AvgIpc) is 3.24. The van der Waals surface area contributed by atoms with Gasteiger partial charge in [0.05, 0.1) is 17.1 Å². The van der Waals surface area contributed by atoms with E-state index >= 15 is 0 Å². The second-order valence-corrected chi connectivity index (χ2v) is 9.67.